The molecule has 1 aromatic rings. The Morgan fingerprint density at radius 1 is 1.04 bits per heavy atom. The molecule has 1 amide bonds. The highest BCUT2D eigenvalue weighted by Crippen LogP contribution is 2.59. The first kappa shape index (κ1) is 17.9. The van der Waals surface area contributed by atoms with Crippen LogP contribution in [0.15, 0.2) is 35.2 Å². The van der Waals surface area contributed by atoms with E-state index in [1.165, 1.54) is 4.31 Å². The van der Waals surface area contributed by atoms with Crippen molar-refractivity contribution >= 4 is 15.9 Å². The lowest BCUT2D eigenvalue weighted by Gasteiger charge is -2.26. The highest BCUT2D eigenvalue weighted by molar-refractivity contribution is 7.89. The molecule has 7 heteroatoms. The third-order valence-electron chi connectivity index (χ3n) is 6.23. The predicted octanol–water partition coefficient (Wildman–Crippen LogP) is 1.30. The molecular weight excluding hydrogens is 350 g/mol. The molecule has 3 aliphatic rings. The van der Waals surface area contributed by atoms with Gasteiger partial charge in [-0.1, -0.05) is 18.2 Å². The summed E-state index contributed by atoms with van der Waals surface area (Å²) >= 11 is 0. The summed E-state index contributed by atoms with van der Waals surface area (Å²) < 4.78 is 27.2. The number of nitrogens with one attached hydrogen (secondary N) is 1. The van der Waals surface area contributed by atoms with Gasteiger partial charge in [-0.3, -0.25) is 4.79 Å². The van der Waals surface area contributed by atoms with Crippen LogP contribution in [-0.4, -0.2) is 62.8 Å². The van der Waals surface area contributed by atoms with Crippen LogP contribution >= 0.6 is 0 Å². The number of carbonyl (C=O) groups is 1. The molecule has 1 saturated carbocycles. The van der Waals surface area contributed by atoms with Crippen molar-refractivity contribution in [2.75, 3.05) is 39.3 Å². The molecule has 0 radical (unpaired) electrons. The SMILES string of the molecule is O=C(C1CC12CCNCC2)N1CCCN(S(=O)(=O)c2ccccc2)CC1. The molecule has 1 aliphatic carbocycles. The molecule has 2 aliphatic heterocycles. The van der Waals surface area contributed by atoms with Crippen LogP contribution in [0.4, 0.5) is 0 Å². The van der Waals surface area contributed by atoms with E-state index >= 15 is 0 Å². The summed E-state index contributed by atoms with van der Waals surface area (Å²) in [4.78, 5) is 15.2. The zero-order chi connectivity index (χ0) is 18.2. The average Bonchev–Trinajstić information content (AvgIpc) is 3.41. The monoisotopic (exact) mass is 377 g/mol. The molecule has 2 heterocycles. The molecule has 1 aromatic carbocycles. The Hall–Kier alpha value is -1.44. The van der Waals surface area contributed by atoms with Gasteiger partial charge in [0.15, 0.2) is 0 Å². The average molecular weight is 378 g/mol. The van der Waals surface area contributed by atoms with Gasteiger partial charge in [0.2, 0.25) is 15.9 Å². The largest absolute Gasteiger partial charge is 0.341 e. The van der Waals surface area contributed by atoms with E-state index in [1.807, 2.05) is 11.0 Å². The summed E-state index contributed by atoms with van der Waals surface area (Å²) in [7, 11) is -3.48. The second-order valence-corrected chi connectivity index (χ2v) is 9.70. The Labute approximate surface area is 155 Å². The summed E-state index contributed by atoms with van der Waals surface area (Å²) in [6.45, 7) is 4.02. The first-order valence-electron chi connectivity index (χ1n) is 9.58. The van der Waals surface area contributed by atoms with Crippen LogP contribution in [0.1, 0.15) is 25.7 Å². The lowest BCUT2D eigenvalue weighted by Crippen LogP contribution is -2.39. The molecule has 0 aromatic heterocycles. The standard InChI is InChI=1S/C19H27N3O3S/c23-18(17-15-19(17)7-9-20-10-8-19)21-11-4-12-22(14-13-21)26(24,25)16-5-2-1-3-6-16/h1-3,5-6,17,20H,4,7-15H2. The molecule has 6 nitrogen and oxygen atoms in total. The second kappa shape index (κ2) is 6.94. The number of rotatable bonds is 3. The van der Waals surface area contributed by atoms with Gasteiger partial charge in [0.1, 0.15) is 0 Å². The highest BCUT2D eigenvalue weighted by atomic mass is 32.2. The molecule has 1 unspecified atom stereocenters. The van der Waals surface area contributed by atoms with Gasteiger partial charge in [-0.2, -0.15) is 4.31 Å². The zero-order valence-corrected chi connectivity index (χ0v) is 15.9. The summed E-state index contributed by atoms with van der Waals surface area (Å²) in [6.07, 6.45) is 3.88. The van der Waals surface area contributed by atoms with E-state index in [2.05, 4.69) is 5.32 Å². The lowest BCUT2D eigenvalue weighted by atomic mass is 9.91. The number of piperidine rings is 1. The van der Waals surface area contributed by atoms with Crippen molar-refractivity contribution in [3.63, 3.8) is 0 Å². The zero-order valence-electron chi connectivity index (χ0n) is 15.1. The number of benzene rings is 1. The molecule has 142 valence electrons. The Bertz CT molecular complexity index is 759. The Balaban J connectivity index is 1.40. The molecule has 3 fully saturated rings. The fourth-order valence-electron chi connectivity index (χ4n) is 4.49. The van der Waals surface area contributed by atoms with E-state index in [1.54, 1.807) is 24.3 Å². The van der Waals surface area contributed by atoms with Crippen LogP contribution in [0.2, 0.25) is 0 Å². The molecule has 0 bridgehead atoms. The van der Waals surface area contributed by atoms with Crippen LogP contribution in [0.5, 0.6) is 0 Å². The van der Waals surface area contributed by atoms with Gasteiger partial charge in [0.25, 0.3) is 0 Å². The topological polar surface area (TPSA) is 69.7 Å². The molecule has 1 atom stereocenters. The van der Waals surface area contributed by atoms with Crippen LogP contribution < -0.4 is 5.32 Å². The maximum atomic E-state index is 13.0. The summed E-state index contributed by atoms with van der Waals surface area (Å²) in [5.41, 5.74) is 0.227. The molecule has 4 rings (SSSR count). The fourth-order valence-corrected chi connectivity index (χ4v) is 5.98. The van der Waals surface area contributed by atoms with Gasteiger partial charge in [-0.05, 0) is 56.3 Å². The van der Waals surface area contributed by atoms with Crippen LogP contribution in [0.25, 0.3) is 0 Å². The summed E-state index contributed by atoms with van der Waals surface area (Å²) in [6, 6.07) is 8.56. The number of hydrogen-bond acceptors (Lipinski definition) is 4. The predicted molar refractivity (Wildman–Crippen MR) is 99.0 cm³/mol. The smallest absolute Gasteiger partial charge is 0.243 e. The van der Waals surface area contributed by atoms with Gasteiger partial charge >= 0.3 is 0 Å². The minimum absolute atomic E-state index is 0.155. The van der Waals surface area contributed by atoms with Crippen molar-refractivity contribution < 1.29 is 13.2 Å². The van der Waals surface area contributed by atoms with Crippen molar-refractivity contribution in [2.45, 2.75) is 30.6 Å². The normalized spacial score (nSPS) is 26.5. The molecule has 1 N–H and O–H groups in total. The fraction of sp³-hybridized carbons (Fsp3) is 0.632. The van der Waals surface area contributed by atoms with Gasteiger partial charge in [0, 0.05) is 32.1 Å². The quantitative estimate of drug-likeness (QED) is 0.862. The van der Waals surface area contributed by atoms with Crippen molar-refractivity contribution in [1.82, 2.24) is 14.5 Å². The van der Waals surface area contributed by atoms with Crippen LogP contribution in [-0.2, 0) is 14.8 Å². The third kappa shape index (κ3) is 3.28. The maximum absolute atomic E-state index is 13.0. The third-order valence-corrected chi connectivity index (χ3v) is 8.15. The molecular formula is C19H27N3O3S. The Kier molecular flexibility index (Phi) is 4.79. The van der Waals surface area contributed by atoms with Gasteiger partial charge in [-0.15, -0.1) is 0 Å². The minimum Gasteiger partial charge on any atom is -0.341 e. The van der Waals surface area contributed by atoms with Gasteiger partial charge in [-0.25, -0.2) is 8.42 Å². The van der Waals surface area contributed by atoms with E-state index < -0.39 is 10.0 Å². The first-order chi connectivity index (χ1) is 12.5. The van der Waals surface area contributed by atoms with Crippen LogP contribution in [0, 0.1) is 11.3 Å². The number of hydrogen-bond donors (Lipinski definition) is 1. The van der Waals surface area contributed by atoms with E-state index in [-0.39, 0.29) is 17.2 Å². The van der Waals surface area contributed by atoms with Crippen molar-refractivity contribution in [1.29, 1.82) is 0 Å². The van der Waals surface area contributed by atoms with Crippen molar-refractivity contribution in [3.05, 3.63) is 30.3 Å². The lowest BCUT2D eigenvalue weighted by molar-refractivity contribution is -0.133. The van der Waals surface area contributed by atoms with Crippen molar-refractivity contribution in [3.8, 4) is 0 Å². The molecule has 2 saturated heterocycles. The van der Waals surface area contributed by atoms with Crippen LogP contribution in [0.3, 0.4) is 0 Å². The summed E-state index contributed by atoms with van der Waals surface area (Å²) in [5.74, 6) is 0.396. The number of carbonyl (C=O) groups excluding carboxylic acids is 1. The second-order valence-electron chi connectivity index (χ2n) is 7.77. The molecule has 1 spiro atoms. The highest BCUT2D eigenvalue weighted by Gasteiger charge is 2.58. The number of amides is 1. The van der Waals surface area contributed by atoms with Crippen molar-refractivity contribution in [2.24, 2.45) is 11.3 Å². The van der Waals surface area contributed by atoms with Gasteiger partial charge in [0.05, 0.1) is 4.90 Å². The van der Waals surface area contributed by atoms with E-state index in [0.717, 1.165) is 32.4 Å². The number of nitrogens with zero attached hydrogens (tertiary/aromatic N) is 2. The molecule has 26 heavy (non-hydrogen) atoms. The van der Waals surface area contributed by atoms with E-state index in [4.69, 9.17) is 0 Å². The van der Waals surface area contributed by atoms with Gasteiger partial charge < -0.3 is 10.2 Å². The van der Waals surface area contributed by atoms with E-state index in [9.17, 15) is 13.2 Å². The Morgan fingerprint density at radius 3 is 2.50 bits per heavy atom. The minimum atomic E-state index is -3.48. The first-order valence-corrected chi connectivity index (χ1v) is 11.0. The Morgan fingerprint density at radius 2 is 1.77 bits per heavy atom. The summed E-state index contributed by atoms with van der Waals surface area (Å²) in [5, 5.41) is 3.37. The number of sulfonamides is 1. The maximum Gasteiger partial charge on any atom is 0.243 e. The van der Waals surface area contributed by atoms with E-state index in [0.29, 0.717) is 37.5 Å².